The van der Waals surface area contributed by atoms with Crippen LogP contribution in [0, 0.1) is 10.1 Å². The second-order valence-electron chi connectivity index (χ2n) is 6.66. The number of benzene rings is 2. The molecule has 0 spiro atoms. The van der Waals surface area contributed by atoms with Gasteiger partial charge >= 0.3 is 29.2 Å². The number of ether oxygens (including phenoxy) is 1. The number of anilines is 1. The molecule has 7 nitrogen and oxygen atoms in total. The minimum Gasteiger partial charge on any atom is -0.477 e. The van der Waals surface area contributed by atoms with Gasteiger partial charge in [0.05, 0.1) is 15.4 Å². The monoisotopic (exact) mass is 556 g/mol. The summed E-state index contributed by atoms with van der Waals surface area (Å²) in [6.45, 7) is -1.10. The summed E-state index contributed by atoms with van der Waals surface area (Å²) in [5, 5.41) is 6.94. The minimum atomic E-state index is -6.80. The van der Waals surface area contributed by atoms with Crippen LogP contribution >= 0.6 is 0 Å². The number of hydrogen-bond donors (Lipinski definition) is 1. The first-order chi connectivity index (χ1) is 16.3. The van der Waals surface area contributed by atoms with Crippen molar-refractivity contribution in [2.45, 2.75) is 28.4 Å². The van der Waals surface area contributed by atoms with Crippen LogP contribution in [-0.4, -0.2) is 39.0 Å². The number of hydrogen-bond acceptors (Lipinski definition) is 5. The Labute approximate surface area is 195 Å². The first-order valence-corrected chi connectivity index (χ1v) is 10.1. The van der Waals surface area contributed by atoms with Gasteiger partial charge in [-0.15, -0.1) is 0 Å². The maximum atomic E-state index is 13.7. The van der Waals surface area contributed by atoms with Gasteiger partial charge in [-0.25, -0.2) is 4.21 Å². The van der Waals surface area contributed by atoms with Gasteiger partial charge in [-0.3, -0.25) is 14.9 Å². The van der Waals surface area contributed by atoms with Crippen molar-refractivity contribution in [1.82, 2.24) is 0 Å². The molecule has 0 saturated heterocycles. The van der Waals surface area contributed by atoms with Crippen LogP contribution in [0.15, 0.2) is 47.4 Å². The topological polar surface area (TPSA) is 98.5 Å². The maximum Gasteiger partial charge on any atom is 0.461 e. The fraction of sp³-hybridized carbons (Fsp3) is 0.278. The highest BCUT2D eigenvalue weighted by atomic mass is 32.2. The largest absolute Gasteiger partial charge is 0.477 e. The van der Waals surface area contributed by atoms with Crippen LogP contribution < -0.4 is 10.1 Å². The molecule has 0 saturated carbocycles. The van der Waals surface area contributed by atoms with Gasteiger partial charge in [0.1, 0.15) is 10.8 Å². The van der Waals surface area contributed by atoms with Gasteiger partial charge in [0.25, 0.3) is 5.91 Å². The van der Waals surface area contributed by atoms with Crippen molar-refractivity contribution in [3.8, 4) is 5.75 Å². The first-order valence-electron chi connectivity index (χ1n) is 8.91. The summed E-state index contributed by atoms with van der Waals surface area (Å²) < 4.78 is 145. The van der Waals surface area contributed by atoms with Crippen molar-refractivity contribution in [3.05, 3.63) is 58.1 Å². The molecule has 2 aromatic carbocycles. The van der Waals surface area contributed by atoms with Crippen molar-refractivity contribution in [1.29, 1.82) is 0 Å². The van der Waals surface area contributed by atoms with E-state index in [2.05, 4.69) is 0 Å². The zero-order valence-corrected chi connectivity index (χ0v) is 17.7. The molecule has 36 heavy (non-hydrogen) atoms. The Balaban J connectivity index is 2.23. The number of carbonyl (C=O) groups excluding carboxylic acids is 1. The van der Waals surface area contributed by atoms with Crippen molar-refractivity contribution in [3.63, 3.8) is 0 Å². The average molecular weight is 556 g/mol. The first kappa shape index (κ1) is 28.8. The predicted octanol–water partition coefficient (Wildman–Crippen LogP) is 5.53. The van der Waals surface area contributed by atoms with Crippen LogP contribution in [0.5, 0.6) is 5.75 Å². The highest BCUT2D eigenvalue weighted by Crippen LogP contribution is 2.49. The summed E-state index contributed by atoms with van der Waals surface area (Å²) in [5.41, 5.74) is -2.79. The number of amides is 1. The van der Waals surface area contributed by atoms with E-state index < -0.39 is 73.7 Å². The predicted molar refractivity (Wildman–Crippen MR) is 101 cm³/mol. The molecule has 0 aliphatic heterocycles. The van der Waals surface area contributed by atoms with E-state index in [-0.39, 0.29) is 17.8 Å². The summed E-state index contributed by atoms with van der Waals surface area (Å²) in [5.74, 6) is -8.78. The number of rotatable bonds is 8. The summed E-state index contributed by atoms with van der Waals surface area (Å²) in [4.78, 5) is 20.2. The lowest BCUT2D eigenvalue weighted by molar-refractivity contribution is -0.386. The van der Waals surface area contributed by atoms with Crippen LogP contribution in [0.1, 0.15) is 5.56 Å². The molecule has 198 valence electrons. The Morgan fingerprint density at radius 2 is 1.58 bits per heavy atom. The molecule has 0 heterocycles. The summed E-state index contributed by atoms with van der Waals surface area (Å²) >= 11 is 0. The number of halogens is 10. The molecule has 2 rings (SSSR count). The van der Waals surface area contributed by atoms with Gasteiger partial charge in [0.15, 0.2) is 12.4 Å². The molecule has 18 heteroatoms. The second kappa shape index (κ2) is 9.90. The second-order valence-corrected chi connectivity index (χ2v) is 8.18. The highest BCUT2D eigenvalue weighted by molar-refractivity contribution is 7.86. The smallest absolute Gasteiger partial charge is 0.461 e. The Morgan fingerprint density at radius 1 is 0.972 bits per heavy atom. The molecule has 1 atom stereocenters. The third kappa shape index (κ3) is 6.03. The Hall–Kier alpha value is -3.44. The van der Waals surface area contributed by atoms with Crippen molar-refractivity contribution in [2.75, 3.05) is 11.9 Å². The van der Waals surface area contributed by atoms with E-state index in [4.69, 9.17) is 4.74 Å². The van der Waals surface area contributed by atoms with Gasteiger partial charge in [0, 0.05) is 11.8 Å². The standard InChI is InChI=1S/C18H10F10N2O5S/c19-15(20,21)9-2-1-3-10(6-9)29-14(31)8-35-13-5-4-11(7-12(13)30(32)33)36(34)18(27,28)16(22,23)17(24,25)26/h1-7H,8H2,(H,29,31). The summed E-state index contributed by atoms with van der Waals surface area (Å²) in [6.07, 6.45) is -11.5. The maximum absolute atomic E-state index is 13.7. The minimum absolute atomic E-state index is 0.0173. The third-order valence-corrected chi connectivity index (χ3v) is 5.53. The van der Waals surface area contributed by atoms with Crippen LogP contribution in [0.25, 0.3) is 0 Å². The molecule has 1 amide bonds. The summed E-state index contributed by atoms with van der Waals surface area (Å²) in [6, 6.07) is 3.94. The van der Waals surface area contributed by atoms with E-state index in [1.807, 2.05) is 5.32 Å². The normalized spacial score (nSPS) is 13.7. The summed E-state index contributed by atoms with van der Waals surface area (Å²) in [7, 11) is -4.43. The molecule has 0 fully saturated rings. The molecule has 1 N–H and O–H groups in total. The highest BCUT2D eigenvalue weighted by Gasteiger charge is 2.76. The number of nitro benzene ring substituents is 1. The number of nitrogens with one attached hydrogen (secondary N) is 1. The van der Waals surface area contributed by atoms with Crippen LogP contribution in [0.3, 0.4) is 0 Å². The molecule has 1 unspecified atom stereocenters. The van der Waals surface area contributed by atoms with Crippen molar-refractivity contribution < 1.29 is 62.6 Å². The molecule has 2 aromatic rings. The molecular formula is C18H10F10N2O5S. The van der Waals surface area contributed by atoms with E-state index in [0.717, 1.165) is 12.1 Å². The number of nitrogens with zero attached hydrogens (tertiary/aromatic N) is 1. The van der Waals surface area contributed by atoms with E-state index in [1.165, 1.54) is 0 Å². The number of carbonyl (C=O) groups is 1. The molecule has 0 aliphatic rings. The Morgan fingerprint density at radius 3 is 2.11 bits per heavy atom. The molecule has 0 radical (unpaired) electrons. The van der Waals surface area contributed by atoms with E-state index >= 15 is 0 Å². The lowest BCUT2D eigenvalue weighted by Crippen LogP contribution is -2.54. The number of nitro groups is 1. The zero-order chi connectivity index (χ0) is 27.7. The van der Waals surface area contributed by atoms with Crippen LogP contribution in [0.4, 0.5) is 55.3 Å². The van der Waals surface area contributed by atoms with Gasteiger partial charge in [0.2, 0.25) is 0 Å². The zero-order valence-electron chi connectivity index (χ0n) is 16.9. The van der Waals surface area contributed by atoms with E-state index in [9.17, 15) is 63.0 Å². The lowest BCUT2D eigenvalue weighted by atomic mass is 10.2. The lowest BCUT2D eigenvalue weighted by Gasteiger charge is -2.27. The third-order valence-electron chi connectivity index (χ3n) is 4.13. The average Bonchev–Trinajstić information content (AvgIpc) is 2.75. The van der Waals surface area contributed by atoms with Gasteiger partial charge < -0.3 is 10.1 Å². The van der Waals surface area contributed by atoms with Gasteiger partial charge in [-0.05, 0) is 30.3 Å². The van der Waals surface area contributed by atoms with Crippen LogP contribution in [0.2, 0.25) is 0 Å². The fourth-order valence-electron chi connectivity index (χ4n) is 2.42. The fourth-order valence-corrected chi connectivity index (χ4v) is 3.48. The molecule has 0 aromatic heterocycles. The quantitative estimate of drug-likeness (QED) is 0.262. The van der Waals surface area contributed by atoms with Gasteiger partial charge in [-0.2, -0.15) is 43.9 Å². The van der Waals surface area contributed by atoms with Crippen LogP contribution in [-0.2, 0) is 21.8 Å². The SMILES string of the molecule is O=C(COc1ccc(S(=O)C(F)(F)C(F)(F)C(F)(F)F)cc1[N+](=O)[O-])Nc1cccc(C(F)(F)F)c1. The number of alkyl halides is 10. The molecule has 0 bridgehead atoms. The van der Waals surface area contributed by atoms with E-state index in [1.54, 1.807) is 0 Å². The Bertz CT molecular complexity index is 1180. The Kier molecular flexibility index (Phi) is 7.92. The van der Waals surface area contributed by atoms with Crippen molar-refractivity contribution in [2.24, 2.45) is 0 Å². The molecule has 0 aliphatic carbocycles. The van der Waals surface area contributed by atoms with Gasteiger partial charge in [-0.1, -0.05) is 6.07 Å². The molecular weight excluding hydrogens is 546 g/mol. The van der Waals surface area contributed by atoms with Crippen molar-refractivity contribution >= 4 is 28.1 Å². The van der Waals surface area contributed by atoms with E-state index in [0.29, 0.717) is 18.2 Å².